The molecule has 3 atom stereocenters. The molecule has 0 spiro atoms. The lowest BCUT2D eigenvalue weighted by Crippen LogP contribution is -2.41. The van der Waals surface area contributed by atoms with Crippen LogP contribution in [0.3, 0.4) is 0 Å². The minimum atomic E-state index is 0.203. The molecule has 3 unspecified atom stereocenters. The van der Waals surface area contributed by atoms with Crippen molar-refractivity contribution in [1.29, 1.82) is 0 Å². The fourth-order valence-electron chi connectivity index (χ4n) is 4.19. The van der Waals surface area contributed by atoms with Gasteiger partial charge in [0.25, 0.3) is 0 Å². The SMILES string of the molecule is CCCC1CCN(C2CCCc3ccccc3C2N)C1. The first-order chi connectivity index (χ1) is 9.79. The van der Waals surface area contributed by atoms with Crippen LogP contribution in [0, 0.1) is 5.92 Å². The molecule has 2 heteroatoms. The molecule has 20 heavy (non-hydrogen) atoms. The molecule has 2 N–H and O–H groups in total. The third-order valence-corrected chi connectivity index (χ3v) is 5.26. The highest BCUT2D eigenvalue weighted by Crippen LogP contribution is 2.33. The van der Waals surface area contributed by atoms with Crippen LogP contribution in [0.15, 0.2) is 24.3 Å². The number of nitrogens with two attached hydrogens (primary N) is 1. The molecule has 1 aromatic rings. The molecular weight excluding hydrogens is 244 g/mol. The van der Waals surface area contributed by atoms with Gasteiger partial charge < -0.3 is 5.73 Å². The summed E-state index contributed by atoms with van der Waals surface area (Å²) in [6, 6.07) is 9.57. The Morgan fingerprint density at radius 3 is 2.95 bits per heavy atom. The number of nitrogens with zero attached hydrogens (tertiary/aromatic N) is 1. The summed E-state index contributed by atoms with van der Waals surface area (Å²) in [5, 5.41) is 0. The summed E-state index contributed by atoms with van der Waals surface area (Å²) in [6.45, 7) is 4.83. The van der Waals surface area contributed by atoms with E-state index in [0.29, 0.717) is 6.04 Å². The second-order valence-electron chi connectivity index (χ2n) is 6.62. The van der Waals surface area contributed by atoms with Crippen LogP contribution < -0.4 is 5.73 Å². The minimum Gasteiger partial charge on any atom is -0.323 e. The lowest BCUT2D eigenvalue weighted by atomic mass is 9.96. The van der Waals surface area contributed by atoms with E-state index < -0.39 is 0 Å². The third kappa shape index (κ3) is 2.77. The molecule has 1 fully saturated rings. The predicted molar refractivity (Wildman–Crippen MR) is 84.7 cm³/mol. The van der Waals surface area contributed by atoms with Gasteiger partial charge in [-0.1, -0.05) is 37.6 Å². The highest BCUT2D eigenvalue weighted by Gasteiger charge is 2.33. The van der Waals surface area contributed by atoms with Crippen LogP contribution in [0.2, 0.25) is 0 Å². The number of likely N-dealkylation sites (tertiary alicyclic amines) is 1. The van der Waals surface area contributed by atoms with Crippen LogP contribution in [0.5, 0.6) is 0 Å². The van der Waals surface area contributed by atoms with Crippen molar-refractivity contribution >= 4 is 0 Å². The second-order valence-corrected chi connectivity index (χ2v) is 6.62. The number of fused-ring (bicyclic) bond motifs is 1. The van der Waals surface area contributed by atoms with Crippen molar-refractivity contribution in [3.8, 4) is 0 Å². The van der Waals surface area contributed by atoms with Gasteiger partial charge in [0.2, 0.25) is 0 Å². The van der Waals surface area contributed by atoms with E-state index in [0.717, 1.165) is 5.92 Å². The smallest absolute Gasteiger partial charge is 0.0455 e. The van der Waals surface area contributed by atoms with Crippen LogP contribution in [0.4, 0.5) is 0 Å². The van der Waals surface area contributed by atoms with E-state index >= 15 is 0 Å². The van der Waals surface area contributed by atoms with Gasteiger partial charge in [0.15, 0.2) is 0 Å². The van der Waals surface area contributed by atoms with Crippen molar-refractivity contribution in [3.63, 3.8) is 0 Å². The first kappa shape index (κ1) is 14.1. The average Bonchev–Trinajstić information content (AvgIpc) is 2.85. The Hall–Kier alpha value is -0.860. The van der Waals surface area contributed by atoms with E-state index in [-0.39, 0.29) is 6.04 Å². The predicted octanol–water partition coefficient (Wildman–Crippen LogP) is 3.51. The number of benzene rings is 1. The van der Waals surface area contributed by atoms with Crippen LogP contribution in [-0.2, 0) is 6.42 Å². The molecule has 0 saturated carbocycles. The molecule has 1 heterocycles. The van der Waals surface area contributed by atoms with Gasteiger partial charge in [0.1, 0.15) is 0 Å². The van der Waals surface area contributed by atoms with Crippen molar-refractivity contribution in [3.05, 3.63) is 35.4 Å². The van der Waals surface area contributed by atoms with E-state index in [2.05, 4.69) is 36.1 Å². The van der Waals surface area contributed by atoms with Crippen LogP contribution in [0.1, 0.15) is 56.2 Å². The van der Waals surface area contributed by atoms with Crippen molar-refractivity contribution < 1.29 is 0 Å². The highest BCUT2D eigenvalue weighted by atomic mass is 15.2. The zero-order valence-corrected chi connectivity index (χ0v) is 12.7. The summed E-state index contributed by atoms with van der Waals surface area (Å²) in [5.41, 5.74) is 9.52. The summed E-state index contributed by atoms with van der Waals surface area (Å²) >= 11 is 0. The summed E-state index contributed by atoms with van der Waals surface area (Å²) in [4.78, 5) is 2.69. The van der Waals surface area contributed by atoms with Gasteiger partial charge in [-0.3, -0.25) is 4.90 Å². The molecule has 1 saturated heterocycles. The Balaban J connectivity index is 1.75. The van der Waals surface area contributed by atoms with E-state index in [9.17, 15) is 0 Å². The first-order valence-electron chi connectivity index (χ1n) is 8.37. The summed E-state index contributed by atoms with van der Waals surface area (Å²) < 4.78 is 0. The topological polar surface area (TPSA) is 29.3 Å². The maximum absolute atomic E-state index is 6.65. The zero-order valence-electron chi connectivity index (χ0n) is 12.7. The molecule has 2 aliphatic rings. The van der Waals surface area contributed by atoms with E-state index in [4.69, 9.17) is 5.73 Å². The van der Waals surface area contributed by atoms with Crippen molar-refractivity contribution in [2.75, 3.05) is 13.1 Å². The average molecular weight is 272 g/mol. The van der Waals surface area contributed by atoms with Gasteiger partial charge in [-0.05, 0) is 55.7 Å². The molecule has 0 aromatic heterocycles. The first-order valence-corrected chi connectivity index (χ1v) is 8.37. The van der Waals surface area contributed by atoms with E-state index in [1.165, 1.54) is 62.7 Å². The molecule has 1 aliphatic heterocycles. The fraction of sp³-hybridized carbons (Fsp3) is 0.667. The molecule has 1 aromatic carbocycles. The van der Waals surface area contributed by atoms with Gasteiger partial charge >= 0.3 is 0 Å². The van der Waals surface area contributed by atoms with Crippen LogP contribution >= 0.6 is 0 Å². The summed E-state index contributed by atoms with van der Waals surface area (Å²) in [6.07, 6.45) is 7.82. The van der Waals surface area contributed by atoms with Crippen molar-refractivity contribution in [2.45, 2.75) is 57.5 Å². The maximum Gasteiger partial charge on any atom is 0.0455 e. The third-order valence-electron chi connectivity index (χ3n) is 5.26. The van der Waals surface area contributed by atoms with Gasteiger partial charge in [-0.15, -0.1) is 0 Å². The molecule has 0 bridgehead atoms. The van der Waals surface area contributed by atoms with Gasteiger partial charge in [-0.25, -0.2) is 0 Å². The monoisotopic (exact) mass is 272 g/mol. The second kappa shape index (κ2) is 6.28. The quantitative estimate of drug-likeness (QED) is 0.853. The lowest BCUT2D eigenvalue weighted by molar-refractivity contribution is 0.192. The summed E-state index contributed by atoms with van der Waals surface area (Å²) in [7, 11) is 0. The van der Waals surface area contributed by atoms with E-state index in [1.54, 1.807) is 0 Å². The molecule has 3 rings (SSSR count). The molecule has 2 nitrogen and oxygen atoms in total. The molecule has 110 valence electrons. The fourth-order valence-corrected chi connectivity index (χ4v) is 4.19. The van der Waals surface area contributed by atoms with Crippen molar-refractivity contribution in [2.24, 2.45) is 11.7 Å². The zero-order chi connectivity index (χ0) is 13.9. The number of rotatable bonds is 3. The van der Waals surface area contributed by atoms with Gasteiger partial charge in [0, 0.05) is 18.6 Å². The lowest BCUT2D eigenvalue weighted by Gasteiger charge is -2.32. The number of hydrogen-bond acceptors (Lipinski definition) is 2. The Kier molecular flexibility index (Phi) is 4.42. The summed E-state index contributed by atoms with van der Waals surface area (Å²) in [5.74, 6) is 0.908. The number of hydrogen-bond donors (Lipinski definition) is 1. The molecular formula is C18H28N2. The number of aryl methyl sites for hydroxylation is 1. The van der Waals surface area contributed by atoms with E-state index in [1.807, 2.05) is 0 Å². The van der Waals surface area contributed by atoms with Crippen molar-refractivity contribution in [1.82, 2.24) is 4.90 Å². The normalized spacial score (nSPS) is 31.0. The van der Waals surface area contributed by atoms with Crippen LogP contribution in [-0.4, -0.2) is 24.0 Å². The standard InChI is InChI=1S/C18H28N2/c1-2-6-14-11-12-20(13-14)17-10-5-8-15-7-3-4-9-16(15)18(17)19/h3-4,7,9,14,17-18H,2,5-6,8,10-13,19H2,1H3. The van der Waals surface area contributed by atoms with Gasteiger partial charge in [-0.2, -0.15) is 0 Å². The Labute approximate surface area is 123 Å². The Morgan fingerprint density at radius 1 is 1.25 bits per heavy atom. The minimum absolute atomic E-state index is 0.203. The highest BCUT2D eigenvalue weighted by molar-refractivity contribution is 5.32. The van der Waals surface area contributed by atoms with Gasteiger partial charge in [0.05, 0.1) is 0 Å². The Bertz CT molecular complexity index is 443. The molecule has 1 aliphatic carbocycles. The molecule has 0 amide bonds. The largest absolute Gasteiger partial charge is 0.323 e. The Morgan fingerprint density at radius 2 is 2.10 bits per heavy atom. The molecule has 0 radical (unpaired) electrons. The maximum atomic E-state index is 6.65. The van der Waals surface area contributed by atoms with Crippen LogP contribution in [0.25, 0.3) is 0 Å².